The average molecular weight is 540 g/mol. The first kappa shape index (κ1) is 27.6. The molecule has 0 bridgehead atoms. The van der Waals surface area contributed by atoms with Crippen LogP contribution in [0.4, 0.5) is 5.69 Å². The number of benzene rings is 3. The van der Waals surface area contributed by atoms with E-state index in [-0.39, 0.29) is 5.91 Å². The summed E-state index contributed by atoms with van der Waals surface area (Å²) in [4.78, 5) is 18.3. The maximum Gasteiger partial charge on any atom is 0.238 e. The van der Waals surface area contributed by atoms with Crippen LogP contribution < -0.4 is 19.5 Å². The Morgan fingerprint density at radius 2 is 1.62 bits per heavy atom. The number of thioether (sulfide) groups is 1. The third-order valence-corrected chi connectivity index (χ3v) is 7.50. The van der Waals surface area contributed by atoms with E-state index in [1.54, 1.807) is 32.4 Å². The van der Waals surface area contributed by atoms with Crippen LogP contribution in [0.3, 0.4) is 0 Å². The van der Waals surface area contributed by atoms with Crippen molar-refractivity contribution in [3.05, 3.63) is 84.4 Å². The molecule has 1 unspecified atom stereocenters. The number of amides is 1. The Morgan fingerprint density at radius 1 is 0.923 bits per heavy atom. The number of hydrogen-bond donors (Lipinski definition) is 1. The lowest BCUT2D eigenvalue weighted by Crippen LogP contribution is -2.25. The number of nitrogens with one attached hydrogen (secondary N) is 1. The number of nitriles is 1. The second-order valence-electron chi connectivity index (χ2n) is 8.51. The van der Waals surface area contributed by atoms with Gasteiger partial charge in [0, 0.05) is 17.2 Å². The van der Waals surface area contributed by atoms with Crippen LogP contribution in [0.5, 0.6) is 17.2 Å². The van der Waals surface area contributed by atoms with Crippen LogP contribution >= 0.6 is 11.8 Å². The summed E-state index contributed by atoms with van der Waals surface area (Å²) in [6.07, 6.45) is 0.523. The molecular weight excluding hydrogens is 510 g/mol. The lowest BCUT2D eigenvalue weighted by molar-refractivity contribution is -0.115. The van der Waals surface area contributed by atoms with Crippen molar-refractivity contribution < 1.29 is 19.0 Å². The second-order valence-corrected chi connectivity index (χ2v) is 9.70. The summed E-state index contributed by atoms with van der Waals surface area (Å²) in [5, 5.41) is 13.2. The van der Waals surface area contributed by atoms with E-state index in [1.807, 2.05) is 67.6 Å². The van der Waals surface area contributed by atoms with Gasteiger partial charge in [0.2, 0.25) is 5.91 Å². The summed E-state index contributed by atoms with van der Waals surface area (Å²) in [7, 11) is 4.72. The van der Waals surface area contributed by atoms with Crippen LogP contribution in [0.25, 0.3) is 22.4 Å². The molecule has 1 atom stereocenters. The minimum absolute atomic E-state index is 0.215. The first-order valence-corrected chi connectivity index (χ1v) is 13.2. The van der Waals surface area contributed by atoms with Gasteiger partial charge >= 0.3 is 0 Å². The van der Waals surface area contributed by atoms with Crippen LogP contribution in [-0.2, 0) is 4.79 Å². The number of rotatable bonds is 10. The van der Waals surface area contributed by atoms with Gasteiger partial charge in [-0.25, -0.2) is 4.98 Å². The molecule has 1 amide bonds. The van der Waals surface area contributed by atoms with Crippen molar-refractivity contribution in [3.8, 4) is 45.7 Å². The smallest absolute Gasteiger partial charge is 0.238 e. The van der Waals surface area contributed by atoms with Gasteiger partial charge < -0.3 is 19.5 Å². The van der Waals surface area contributed by atoms with Gasteiger partial charge in [-0.3, -0.25) is 4.79 Å². The quantitative estimate of drug-likeness (QED) is 0.221. The lowest BCUT2D eigenvalue weighted by Gasteiger charge is -2.18. The van der Waals surface area contributed by atoms with Crippen LogP contribution in [0, 0.1) is 11.3 Å². The molecule has 4 rings (SSSR count). The van der Waals surface area contributed by atoms with Crippen molar-refractivity contribution in [2.24, 2.45) is 0 Å². The number of aromatic nitrogens is 1. The first-order chi connectivity index (χ1) is 19.0. The fraction of sp³-hybridized carbons (Fsp3) is 0.194. The third kappa shape index (κ3) is 6.33. The zero-order chi connectivity index (χ0) is 27.8. The van der Waals surface area contributed by atoms with E-state index in [2.05, 4.69) is 11.4 Å². The highest BCUT2D eigenvalue weighted by Crippen LogP contribution is 2.37. The SMILES string of the molecule is CCC(Sc1nc(-c2ccccc2)cc(-c2ccc(OC)cc2)c1C#N)C(=O)Nc1ccc(OC)cc1OC. The monoisotopic (exact) mass is 539 g/mol. The Morgan fingerprint density at radius 3 is 2.23 bits per heavy atom. The van der Waals surface area contributed by atoms with Crippen molar-refractivity contribution in [3.63, 3.8) is 0 Å². The highest BCUT2D eigenvalue weighted by Gasteiger charge is 2.24. The Bertz CT molecular complexity index is 1480. The maximum absolute atomic E-state index is 13.4. The van der Waals surface area contributed by atoms with E-state index in [0.717, 1.165) is 28.1 Å². The predicted molar refractivity (Wildman–Crippen MR) is 154 cm³/mol. The molecule has 4 aromatic rings. The molecule has 1 N–H and O–H groups in total. The van der Waals surface area contributed by atoms with Crippen LogP contribution in [0.1, 0.15) is 18.9 Å². The molecule has 0 aliphatic heterocycles. The summed E-state index contributed by atoms with van der Waals surface area (Å²) in [5.41, 5.74) is 4.18. The number of ether oxygens (including phenoxy) is 3. The molecular formula is C31H29N3O4S. The zero-order valence-corrected chi connectivity index (χ0v) is 23.0. The van der Waals surface area contributed by atoms with Gasteiger partial charge in [-0.2, -0.15) is 5.26 Å². The number of nitrogens with zero attached hydrogens (tertiary/aromatic N) is 2. The van der Waals surface area contributed by atoms with Gasteiger partial charge in [0.25, 0.3) is 0 Å². The Kier molecular flexibility index (Phi) is 9.08. The number of carbonyl (C=O) groups is 1. The predicted octanol–water partition coefficient (Wildman–Crippen LogP) is 6.82. The minimum Gasteiger partial charge on any atom is -0.497 e. The maximum atomic E-state index is 13.4. The highest BCUT2D eigenvalue weighted by molar-refractivity contribution is 8.00. The molecule has 3 aromatic carbocycles. The Balaban J connectivity index is 1.73. The number of carbonyl (C=O) groups excluding carboxylic acids is 1. The highest BCUT2D eigenvalue weighted by atomic mass is 32.2. The zero-order valence-electron chi connectivity index (χ0n) is 22.2. The van der Waals surface area contributed by atoms with E-state index in [1.165, 1.54) is 18.9 Å². The molecule has 0 fully saturated rings. The molecule has 8 heteroatoms. The molecule has 1 heterocycles. The molecule has 7 nitrogen and oxygen atoms in total. The normalized spacial score (nSPS) is 11.3. The van der Waals surface area contributed by atoms with E-state index in [4.69, 9.17) is 19.2 Å². The van der Waals surface area contributed by atoms with Crippen molar-refractivity contribution in [1.29, 1.82) is 5.26 Å². The molecule has 1 aromatic heterocycles. The topological polar surface area (TPSA) is 93.5 Å². The Hall–Kier alpha value is -4.48. The molecule has 0 radical (unpaired) electrons. The molecule has 39 heavy (non-hydrogen) atoms. The van der Waals surface area contributed by atoms with Gasteiger partial charge in [0.05, 0.1) is 43.5 Å². The number of pyridine rings is 1. The fourth-order valence-corrected chi connectivity index (χ4v) is 5.07. The molecule has 0 spiro atoms. The summed E-state index contributed by atoms with van der Waals surface area (Å²) >= 11 is 1.28. The van der Waals surface area contributed by atoms with Crippen molar-refractivity contribution in [1.82, 2.24) is 4.98 Å². The standard InChI is InChI=1S/C31H29N3O4S/c1-5-29(30(35)33-26-16-15-23(37-3)17-28(26)38-4)39-31-25(19-32)24(20-11-13-22(36-2)14-12-20)18-27(34-31)21-9-7-6-8-10-21/h6-18,29H,5H2,1-4H3,(H,33,35). The third-order valence-electron chi connectivity index (χ3n) is 6.15. The van der Waals surface area contributed by atoms with Crippen molar-refractivity contribution in [2.45, 2.75) is 23.6 Å². The molecule has 0 aliphatic carbocycles. The van der Waals surface area contributed by atoms with E-state index < -0.39 is 5.25 Å². The van der Waals surface area contributed by atoms with Gasteiger partial charge in [0.1, 0.15) is 28.3 Å². The summed E-state index contributed by atoms with van der Waals surface area (Å²) in [6, 6.07) is 26.8. The van der Waals surface area contributed by atoms with Gasteiger partial charge in [-0.05, 0) is 42.3 Å². The van der Waals surface area contributed by atoms with E-state index in [9.17, 15) is 10.1 Å². The van der Waals surface area contributed by atoms with Gasteiger partial charge in [-0.1, -0.05) is 61.2 Å². The Labute approximate surface area is 232 Å². The summed E-state index contributed by atoms with van der Waals surface area (Å²) in [5.74, 6) is 1.62. The number of anilines is 1. The fourth-order valence-electron chi connectivity index (χ4n) is 4.04. The summed E-state index contributed by atoms with van der Waals surface area (Å²) < 4.78 is 16.0. The largest absolute Gasteiger partial charge is 0.497 e. The van der Waals surface area contributed by atoms with Crippen LogP contribution in [0.15, 0.2) is 83.9 Å². The van der Waals surface area contributed by atoms with Crippen LogP contribution in [0.2, 0.25) is 0 Å². The second kappa shape index (κ2) is 12.9. The molecule has 198 valence electrons. The van der Waals surface area contributed by atoms with E-state index >= 15 is 0 Å². The lowest BCUT2D eigenvalue weighted by atomic mass is 9.99. The molecule has 0 saturated heterocycles. The first-order valence-electron chi connectivity index (χ1n) is 12.4. The minimum atomic E-state index is -0.508. The van der Waals surface area contributed by atoms with Crippen LogP contribution in [-0.4, -0.2) is 37.5 Å². The van der Waals surface area contributed by atoms with E-state index in [0.29, 0.717) is 34.2 Å². The number of hydrogen-bond acceptors (Lipinski definition) is 7. The average Bonchev–Trinajstić information content (AvgIpc) is 2.99. The molecule has 0 saturated carbocycles. The van der Waals surface area contributed by atoms with Crippen molar-refractivity contribution >= 4 is 23.4 Å². The van der Waals surface area contributed by atoms with Gasteiger partial charge in [-0.15, -0.1) is 0 Å². The van der Waals surface area contributed by atoms with Crippen molar-refractivity contribution in [2.75, 3.05) is 26.6 Å². The molecule has 0 aliphatic rings. The number of methoxy groups -OCH3 is 3. The summed E-state index contributed by atoms with van der Waals surface area (Å²) in [6.45, 7) is 1.93. The van der Waals surface area contributed by atoms with Gasteiger partial charge in [0.15, 0.2) is 0 Å².